The Morgan fingerprint density at radius 3 is 2.32 bits per heavy atom. The highest BCUT2D eigenvalue weighted by atomic mass is 16.5. The van der Waals surface area contributed by atoms with Gasteiger partial charge < -0.3 is 20.1 Å². The molecule has 0 saturated carbocycles. The van der Waals surface area contributed by atoms with E-state index in [4.69, 9.17) is 9.47 Å². The van der Waals surface area contributed by atoms with Crippen LogP contribution in [-0.2, 0) is 9.47 Å². The van der Waals surface area contributed by atoms with E-state index in [1.165, 1.54) is 6.42 Å². The van der Waals surface area contributed by atoms with Crippen LogP contribution in [0.4, 0.5) is 0 Å². The minimum absolute atomic E-state index is 0. The quantitative estimate of drug-likeness (QED) is 0.509. The van der Waals surface area contributed by atoms with Crippen molar-refractivity contribution in [1.29, 1.82) is 0 Å². The van der Waals surface area contributed by atoms with Gasteiger partial charge in [0.1, 0.15) is 0 Å². The maximum absolute atomic E-state index is 5.58. The molecule has 0 amide bonds. The Morgan fingerprint density at radius 1 is 1.09 bits per heavy atom. The fourth-order valence-electron chi connectivity index (χ4n) is 2.21. The summed E-state index contributed by atoms with van der Waals surface area (Å²) in [5.74, 6) is 0. The normalized spacial score (nSPS) is 16.8. The molecule has 0 aromatic heterocycles. The molecule has 1 unspecified atom stereocenters. The third-order valence-corrected chi connectivity index (χ3v) is 3.69. The van der Waals surface area contributed by atoms with Gasteiger partial charge in [-0.2, -0.15) is 0 Å². The van der Waals surface area contributed by atoms with Crippen molar-refractivity contribution in [2.24, 2.45) is 0 Å². The average Bonchev–Trinajstić information content (AvgIpc) is 2.52. The van der Waals surface area contributed by atoms with E-state index in [9.17, 15) is 0 Å². The summed E-state index contributed by atoms with van der Waals surface area (Å²) in [6.07, 6.45) is 1.20. The Labute approximate surface area is 141 Å². The van der Waals surface area contributed by atoms with Crippen molar-refractivity contribution in [2.75, 3.05) is 59.2 Å². The number of hydrogen-bond acceptors (Lipinski definition) is 5. The first kappa shape index (κ1) is 21.8. The van der Waals surface area contributed by atoms with Crippen molar-refractivity contribution in [3.63, 3.8) is 0 Å². The molecule has 0 spiro atoms. The van der Waals surface area contributed by atoms with E-state index in [0.717, 1.165) is 45.9 Å². The molecule has 2 N–H and O–H groups in total. The average molecular weight is 322 g/mol. The van der Waals surface area contributed by atoms with Crippen molar-refractivity contribution in [2.45, 2.75) is 53.1 Å². The van der Waals surface area contributed by atoms with Crippen molar-refractivity contribution >= 4 is 0 Å². The fraction of sp³-hybridized carbons (Fsp3) is 1.00. The number of likely N-dealkylation sites (N-methyl/N-ethyl adjacent to an activating group) is 1. The third kappa shape index (κ3) is 11.4. The second-order valence-electron chi connectivity index (χ2n) is 5.51. The number of nitrogens with one attached hydrogen (secondary N) is 2. The molecule has 138 valence electrons. The summed E-state index contributed by atoms with van der Waals surface area (Å²) >= 11 is 0. The van der Waals surface area contributed by atoms with E-state index in [1.54, 1.807) is 0 Å². The van der Waals surface area contributed by atoms with Gasteiger partial charge in [-0.3, -0.25) is 4.90 Å². The van der Waals surface area contributed by atoms with Crippen LogP contribution in [0.15, 0.2) is 0 Å². The van der Waals surface area contributed by atoms with Crippen LogP contribution in [0.1, 0.15) is 43.9 Å². The standard InChI is InChI=1S/C15H33N3O2.C2H6.2H2/c1-4-14(3)17-15-12-18(13-15)7-9-20-11-10-19-8-6-16-5-2;1-2;;/h14-17H,4-13H2,1-3H3;1-2H3;2*1H. The molecule has 1 heterocycles. The van der Waals surface area contributed by atoms with E-state index in [1.807, 2.05) is 13.8 Å². The molecule has 22 heavy (non-hydrogen) atoms. The van der Waals surface area contributed by atoms with E-state index in [0.29, 0.717) is 25.3 Å². The first-order chi connectivity index (χ1) is 10.8. The van der Waals surface area contributed by atoms with Crippen LogP contribution in [0, 0.1) is 0 Å². The first-order valence-electron chi connectivity index (χ1n) is 9.10. The number of nitrogens with zero attached hydrogens (tertiary/aromatic N) is 1. The molecule has 5 nitrogen and oxygen atoms in total. The molecule has 1 aliphatic rings. The summed E-state index contributed by atoms with van der Waals surface area (Å²) in [5, 5.41) is 6.85. The van der Waals surface area contributed by atoms with Crippen LogP contribution in [0.2, 0.25) is 0 Å². The van der Waals surface area contributed by atoms with Crippen LogP contribution in [0.5, 0.6) is 0 Å². The van der Waals surface area contributed by atoms with Gasteiger partial charge in [-0.1, -0.05) is 27.7 Å². The summed E-state index contributed by atoms with van der Waals surface area (Å²) in [6, 6.07) is 1.32. The van der Waals surface area contributed by atoms with Crippen LogP contribution in [0.3, 0.4) is 0 Å². The minimum Gasteiger partial charge on any atom is -0.378 e. The van der Waals surface area contributed by atoms with Gasteiger partial charge in [0, 0.05) is 41.1 Å². The molecule has 0 bridgehead atoms. The first-order valence-corrected chi connectivity index (χ1v) is 9.10. The molecular weight excluding hydrogens is 278 g/mol. The smallest absolute Gasteiger partial charge is 0.0701 e. The predicted octanol–water partition coefficient (Wildman–Crippen LogP) is 2.22. The Morgan fingerprint density at radius 2 is 1.73 bits per heavy atom. The summed E-state index contributed by atoms with van der Waals surface area (Å²) in [6.45, 7) is 18.8. The largest absolute Gasteiger partial charge is 0.378 e. The second-order valence-corrected chi connectivity index (χ2v) is 5.51. The van der Waals surface area contributed by atoms with Crippen molar-refractivity contribution in [1.82, 2.24) is 15.5 Å². The van der Waals surface area contributed by atoms with Gasteiger partial charge in [0.2, 0.25) is 0 Å². The summed E-state index contributed by atoms with van der Waals surface area (Å²) in [5.41, 5.74) is 0. The Bertz CT molecular complexity index is 234. The minimum atomic E-state index is 0. The van der Waals surface area contributed by atoms with Gasteiger partial charge in [0.05, 0.1) is 26.4 Å². The number of hydrogen-bond donors (Lipinski definition) is 2. The lowest BCUT2D eigenvalue weighted by atomic mass is 10.1. The van der Waals surface area contributed by atoms with Crippen molar-refractivity contribution < 1.29 is 12.3 Å². The van der Waals surface area contributed by atoms with Crippen molar-refractivity contribution in [3.8, 4) is 0 Å². The van der Waals surface area contributed by atoms with E-state index in [2.05, 4.69) is 36.3 Å². The van der Waals surface area contributed by atoms with E-state index < -0.39 is 0 Å². The Hall–Kier alpha value is -0.200. The second kappa shape index (κ2) is 15.7. The molecule has 1 saturated heterocycles. The SMILES string of the molecule is CC.CCNCCOCCOCCN1CC(NC(C)CC)C1.[HH].[HH]. The fourth-order valence-corrected chi connectivity index (χ4v) is 2.21. The zero-order valence-corrected chi connectivity index (χ0v) is 15.5. The van der Waals surface area contributed by atoms with E-state index in [-0.39, 0.29) is 2.85 Å². The van der Waals surface area contributed by atoms with Crippen LogP contribution in [-0.4, -0.2) is 76.1 Å². The van der Waals surface area contributed by atoms with Crippen LogP contribution in [0.25, 0.3) is 0 Å². The molecule has 1 fully saturated rings. The topological polar surface area (TPSA) is 45.8 Å². The number of rotatable bonds is 13. The molecule has 1 atom stereocenters. The van der Waals surface area contributed by atoms with Gasteiger partial charge in [-0.05, 0) is 19.9 Å². The lowest BCUT2D eigenvalue weighted by Gasteiger charge is -2.41. The van der Waals surface area contributed by atoms with Crippen molar-refractivity contribution in [3.05, 3.63) is 0 Å². The zero-order valence-electron chi connectivity index (χ0n) is 15.5. The van der Waals surface area contributed by atoms with Gasteiger partial charge in [-0.25, -0.2) is 0 Å². The van der Waals surface area contributed by atoms with E-state index >= 15 is 0 Å². The predicted molar refractivity (Wildman–Crippen MR) is 98.9 cm³/mol. The summed E-state index contributed by atoms with van der Waals surface area (Å²) in [4.78, 5) is 2.44. The summed E-state index contributed by atoms with van der Waals surface area (Å²) < 4.78 is 11.0. The van der Waals surface area contributed by atoms with Gasteiger partial charge in [-0.15, -0.1) is 0 Å². The molecule has 0 aliphatic carbocycles. The Kier molecular flexibility index (Phi) is 15.5. The molecule has 0 aromatic rings. The van der Waals surface area contributed by atoms with Crippen LogP contribution < -0.4 is 10.6 Å². The van der Waals surface area contributed by atoms with Gasteiger partial charge in [0.25, 0.3) is 0 Å². The number of ether oxygens (including phenoxy) is 2. The van der Waals surface area contributed by atoms with Gasteiger partial charge in [0.15, 0.2) is 0 Å². The highest BCUT2D eigenvalue weighted by Gasteiger charge is 2.26. The molecule has 5 heteroatoms. The molecule has 0 aromatic carbocycles. The van der Waals surface area contributed by atoms with Crippen LogP contribution >= 0.6 is 0 Å². The maximum atomic E-state index is 5.58. The lowest BCUT2D eigenvalue weighted by molar-refractivity contribution is 0.0247. The monoisotopic (exact) mass is 321 g/mol. The molecule has 0 radical (unpaired) electrons. The molecule has 1 aliphatic heterocycles. The highest BCUT2D eigenvalue weighted by molar-refractivity contribution is 4.86. The summed E-state index contributed by atoms with van der Waals surface area (Å²) in [7, 11) is 0. The lowest BCUT2D eigenvalue weighted by Crippen LogP contribution is -2.60. The molecular formula is C17H43N3O2. The maximum Gasteiger partial charge on any atom is 0.0701 e. The number of likely N-dealkylation sites (tertiary alicyclic amines) is 1. The molecule has 1 rings (SSSR count). The van der Waals surface area contributed by atoms with Gasteiger partial charge >= 0.3 is 0 Å². The highest BCUT2D eigenvalue weighted by Crippen LogP contribution is 2.08. The zero-order chi connectivity index (χ0) is 16.6. The third-order valence-electron chi connectivity index (χ3n) is 3.69. The Balaban J connectivity index is -0.00000106.